The number of thiocarbonyl (C=S) groups is 1. The predicted molar refractivity (Wildman–Crippen MR) is 88.8 cm³/mol. The number of amides is 1. The molecule has 0 aliphatic heterocycles. The van der Waals surface area contributed by atoms with Crippen LogP contribution in [0.4, 0.5) is 5.82 Å². The molecule has 1 amide bonds. The van der Waals surface area contributed by atoms with Crippen molar-refractivity contribution in [2.75, 3.05) is 5.32 Å². The van der Waals surface area contributed by atoms with E-state index in [2.05, 4.69) is 31.2 Å². The van der Waals surface area contributed by atoms with Crippen molar-refractivity contribution < 1.29 is 4.79 Å². The van der Waals surface area contributed by atoms with Crippen molar-refractivity contribution in [3.05, 3.63) is 52.9 Å². The lowest BCUT2D eigenvalue weighted by molar-refractivity contribution is -0.118. The number of aromatic nitrogens is 2. The SMILES string of the molecule is NC(=S)C(Cc1ccccc1)C(=O)Nc1cnc(Br)cn1. The maximum Gasteiger partial charge on any atom is 0.235 e. The van der Waals surface area contributed by atoms with Crippen LogP contribution in [0, 0.1) is 5.92 Å². The molecule has 7 heteroatoms. The predicted octanol–water partition coefficient (Wildman–Crippen LogP) is 2.32. The van der Waals surface area contributed by atoms with Crippen LogP contribution in [-0.2, 0) is 11.2 Å². The van der Waals surface area contributed by atoms with Crippen molar-refractivity contribution >= 4 is 44.9 Å². The number of nitrogens with two attached hydrogens (primary N) is 1. The Bertz CT molecular complexity index is 633. The van der Waals surface area contributed by atoms with Gasteiger partial charge >= 0.3 is 0 Å². The molecule has 0 aliphatic carbocycles. The van der Waals surface area contributed by atoms with Crippen LogP contribution in [0.3, 0.4) is 0 Å². The minimum Gasteiger partial charge on any atom is -0.393 e. The van der Waals surface area contributed by atoms with E-state index >= 15 is 0 Å². The highest BCUT2D eigenvalue weighted by Gasteiger charge is 2.22. The van der Waals surface area contributed by atoms with Crippen molar-refractivity contribution in [3.63, 3.8) is 0 Å². The minimum absolute atomic E-state index is 0.154. The summed E-state index contributed by atoms with van der Waals surface area (Å²) in [5.74, 6) is -0.520. The average molecular weight is 365 g/mol. The highest BCUT2D eigenvalue weighted by molar-refractivity contribution is 9.10. The first kappa shape index (κ1) is 15.5. The van der Waals surface area contributed by atoms with Crippen molar-refractivity contribution in [1.29, 1.82) is 0 Å². The highest BCUT2D eigenvalue weighted by atomic mass is 79.9. The van der Waals surface area contributed by atoms with Gasteiger partial charge in [-0.05, 0) is 27.9 Å². The molecule has 5 nitrogen and oxygen atoms in total. The van der Waals surface area contributed by atoms with Crippen LogP contribution in [0.2, 0.25) is 0 Å². The Morgan fingerprint density at radius 3 is 2.57 bits per heavy atom. The zero-order valence-corrected chi connectivity index (χ0v) is 13.4. The lowest BCUT2D eigenvalue weighted by atomic mass is 9.98. The second-order valence-corrected chi connectivity index (χ2v) is 5.64. The first-order valence-electron chi connectivity index (χ1n) is 6.18. The van der Waals surface area contributed by atoms with Crippen LogP contribution in [-0.4, -0.2) is 20.9 Å². The number of anilines is 1. The van der Waals surface area contributed by atoms with Crippen molar-refractivity contribution in [1.82, 2.24) is 9.97 Å². The molecule has 0 aliphatic rings. The lowest BCUT2D eigenvalue weighted by Gasteiger charge is -2.15. The van der Waals surface area contributed by atoms with E-state index in [1.807, 2.05) is 30.3 Å². The summed E-state index contributed by atoms with van der Waals surface area (Å²) in [4.78, 5) is 20.5. The first-order chi connectivity index (χ1) is 10.1. The monoisotopic (exact) mass is 364 g/mol. The van der Waals surface area contributed by atoms with Crippen LogP contribution in [0.5, 0.6) is 0 Å². The summed E-state index contributed by atoms with van der Waals surface area (Å²) in [5.41, 5.74) is 6.68. The average Bonchev–Trinajstić information content (AvgIpc) is 2.48. The molecule has 0 saturated heterocycles. The number of hydrogen-bond acceptors (Lipinski definition) is 4. The highest BCUT2D eigenvalue weighted by Crippen LogP contribution is 2.13. The van der Waals surface area contributed by atoms with Gasteiger partial charge in [0.15, 0.2) is 5.82 Å². The number of halogens is 1. The number of carbonyl (C=O) groups is 1. The summed E-state index contributed by atoms with van der Waals surface area (Å²) in [5, 5.41) is 2.67. The molecule has 2 aromatic rings. The maximum absolute atomic E-state index is 12.3. The maximum atomic E-state index is 12.3. The van der Waals surface area contributed by atoms with E-state index in [-0.39, 0.29) is 10.9 Å². The van der Waals surface area contributed by atoms with E-state index in [9.17, 15) is 4.79 Å². The second-order valence-electron chi connectivity index (χ2n) is 4.36. The molecule has 21 heavy (non-hydrogen) atoms. The van der Waals surface area contributed by atoms with Gasteiger partial charge in [0.25, 0.3) is 0 Å². The van der Waals surface area contributed by atoms with E-state index in [0.29, 0.717) is 16.8 Å². The topological polar surface area (TPSA) is 80.9 Å². The van der Waals surface area contributed by atoms with Gasteiger partial charge in [-0.15, -0.1) is 0 Å². The molecular weight excluding hydrogens is 352 g/mol. The third-order valence-electron chi connectivity index (χ3n) is 2.81. The Morgan fingerprint density at radius 2 is 2.00 bits per heavy atom. The lowest BCUT2D eigenvalue weighted by Crippen LogP contribution is -2.35. The summed E-state index contributed by atoms with van der Waals surface area (Å²) in [7, 11) is 0. The van der Waals surface area contributed by atoms with Crippen molar-refractivity contribution in [2.45, 2.75) is 6.42 Å². The van der Waals surface area contributed by atoms with Crippen LogP contribution in [0.25, 0.3) is 0 Å². The summed E-state index contributed by atoms with van der Waals surface area (Å²) >= 11 is 8.18. The summed E-state index contributed by atoms with van der Waals surface area (Å²) in [6.07, 6.45) is 3.41. The van der Waals surface area contributed by atoms with E-state index in [1.54, 1.807) is 0 Å². The number of nitrogens with zero attached hydrogens (tertiary/aromatic N) is 2. The zero-order chi connectivity index (χ0) is 15.2. The summed E-state index contributed by atoms with van der Waals surface area (Å²) in [6, 6.07) is 9.58. The Balaban J connectivity index is 2.09. The number of rotatable bonds is 5. The van der Waals surface area contributed by atoms with Gasteiger partial charge in [-0.3, -0.25) is 4.79 Å². The van der Waals surface area contributed by atoms with Gasteiger partial charge in [-0.2, -0.15) is 0 Å². The summed E-state index contributed by atoms with van der Waals surface area (Å²) in [6.45, 7) is 0. The molecule has 0 saturated carbocycles. The fourth-order valence-electron chi connectivity index (χ4n) is 1.76. The fourth-order valence-corrected chi connectivity index (χ4v) is 2.16. The molecule has 1 atom stereocenters. The molecular formula is C14H13BrN4OS. The Kier molecular flexibility index (Phi) is 5.35. The Morgan fingerprint density at radius 1 is 1.29 bits per heavy atom. The second kappa shape index (κ2) is 7.24. The van der Waals surface area contributed by atoms with E-state index in [4.69, 9.17) is 18.0 Å². The van der Waals surface area contributed by atoms with Crippen LogP contribution < -0.4 is 11.1 Å². The number of hydrogen-bond donors (Lipinski definition) is 2. The van der Waals surface area contributed by atoms with Gasteiger partial charge in [-0.1, -0.05) is 42.5 Å². The number of nitrogens with one attached hydrogen (secondary N) is 1. The molecule has 1 unspecified atom stereocenters. The Labute approximate surface area is 136 Å². The molecule has 0 radical (unpaired) electrons. The van der Waals surface area contributed by atoms with E-state index < -0.39 is 5.92 Å². The molecule has 1 aromatic carbocycles. The normalized spacial score (nSPS) is 11.7. The van der Waals surface area contributed by atoms with Crippen LogP contribution in [0.15, 0.2) is 47.3 Å². The van der Waals surface area contributed by atoms with Crippen molar-refractivity contribution in [3.8, 4) is 0 Å². The molecule has 0 spiro atoms. The van der Waals surface area contributed by atoms with Gasteiger partial charge in [0.05, 0.1) is 23.3 Å². The largest absolute Gasteiger partial charge is 0.393 e. The van der Waals surface area contributed by atoms with Gasteiger partial charge < -0.3 is 11.1 Å². The number of carbonyl (C=O) groups excluding carboxylic acids is 1. The van der Waals surface area contributed by atoms with Crippen molar-refractivity contribution in [2.24, 2.45) is 11.7 Å². The third kappa shape index (κ3) is 4.57. The van der Waals surface area contributed by atoms with E-state index in [0.717, 1.165) is 5.56 Å². The van der Waals surface area contributed by atoms with Gasteiger partial charge in [0.1, 0.15) is 4.60 Å². The number of benzene rings is 1. The molecule has 2 rings (SSSR count). The molecule has 108 valence electrons. The Hall–Kier alpha value is -1.86. The third-order valence-corrected chi connectivity index (χ3v) is 3.51. The summed E-state index contributed by atoms with van der Waals surface area (Å²) < 4.78 is 0.593. The molecule has 0 bridgehead atoms. The molecule has 3 N–H and O–H groups in total. The molecule has 1 heterocycles. The fraction of sp³-hybridized carbons (Fsp3) is 0.143. The van der Waals surface area contributed by atoms with Gasteiger partial charge in [-0.25, -0.2) is 9.97 Å². The first-order valence-corrected chi connectivity index (χ1v) is 7.38. The standard InChI is InChI=1S/C14H13BrN4OS/c15-11-7-18-12(8-17-11)19-14(20)10(13(16)21)6-9-4-2-1-3-5-9/h1-5,7-8,10H,6H2,(H2,16,21)(H,18,19,20). The van der Waals surface area contributed by atoms with E-state index in [1.165, 1.54) is 12.4 Å². The van der Waals surface area contributed by atoms with Gasteiger partial charge in [0.2, 0.25) is 5.91 Å². The quantitative estimate of drug-likeness (QED) is 0.795. The van der Waals surface area contributed by atoms with Crippen LogP contribution in [0.1, 0.15) is 5.56 Å². The minimum atomic E-state index is -0.590. The van der Waals surface area contributed by atoms with Crippen LogP contribution >= 0.6 is 28.1 Å². The van der Waals surface area contributed by atoms with Gasteiger partial charge in [0, 0.05) is 0 Å². The molecule has 1 aromatic heterocycles. The zero-order valence-electron chi connectivity index (χ0n) is 11.0. The smallest absolute Gasteiger partial charge is 0.235 e. The molecule has 0 fully saturated rings.